The second kappa shape index (κ2) is 7.37. The first-order valence-electron chi connectivity index (χ1n) is 6.30. The molecule has 0 aromatic rings. The Bertz CT molecular complexity index is 402. The number of nitrogens with zero attached hydrogens (tertiary/aromatic N) is 1. The van der Waals surface area contributed by atoms with Crippen LogP contribution in [0.1, 0.15) is 27.1 Å². The van der Waals surface area contributed by atoms with Crippen LogP contribution in [0.15, 0.2) is 12.2 Å². The Labute approximate surface area is 106 Å². The van der Waals surface area contributed by atoms with E-state index in [0.29, 0.717) is 25.8 Å². The Morgan fingerprint density at radius 2 is 1.94 bits per heavy atom. The summed E-state index contributed by atoms with van der Waals surface area (Å²) in [6.07, 6.45) is 3.89. The summed E-state index contributed by atoms with van der Waals surface area (Å²) >= 11 is 0. The van der Waals surface area contributed by atoms with Crippen molar-refractivity contribution in [1.29, 1.82) is 0 Å². The molecule has 3 amide bonds. The van der Waals surface area contributed by atoms with Crippen molar-refractivity contribution in [3.63, 3.8) is 0 Å². The number of unbranched alkanes of at least 4 members (excludes halogenated alkanes) is 2. The molecule has 1 N–H and O–H groups in total. The van der Waals surface area contributed by atoms with E-state index in [9.17, 15) is 19.2 Å². The first-order chi connectivity index (χ1) is 9.00. The smallest absolute Gasteiger partial charge is 0.253 e. The van der Waals surface area contributed by atoms with E-state index >= 15 is 0 Å². The summed E-state index contributed by atoms with van der Waals surface area (Å²) in [6, 6.07) is 0. The summed E-state index contributed by atoms with van der Waals surface area (Å²) in [6.45, 7) is 0.0960. The molecular formula is C12H16N2O4. The van der Waals surface area contributed by atoms with Gasteiger partial charge in [-0.2, -0.15) is 0 Å². The Balaban J connectivity index is 2.05. The molecule has 1 aliphatic heterocycles. The van der Waals surface area contributed by atoms with Crippen molar-refractivity contribution in [2.45, 2.75) is 25.7 Å². The molecule has 6 nitrogen and oxygen atoms in total. The molecule has 1 heterocycles. The lowest BCUT2D eigenvalue weighted by Crippen LogP contribution is -2.30. The molecule has 0 unspecified atom stereocenters. The van der Waals surface area contributed by atoms with Gasteiger partial charge in [0.25, 0.3) is 11.8 Å². The zero-order valence-electron chi connectivity index (χ0n) is 11.0. The number of aldehydes is 1. The predicted octanol–water partition coefficient (Wildman–Crippen LogP) is -0.213. The fraction of sp³-hybridized carbons (Fsp3) is 0.500. The van der Waals surface area contributed by atoms with Crippen LogP contribution in [0.4, 0.5) is 0 Å². The average molecular weight is 253 g/mol. The SMILES string of the molecule is [2H]C(=O)CNC(=O)CCCCCN1C(=O)C=CC1=O. The normalized spacial score (nSPS) is 14.9. The van der Waals surface area contributed by atoms with Gasteiger partial charge in [-0.25, -0.2) is 0 Å². The molecule has 0 aromatic carbocycles. The minimum absolute atomic E-state index is 0.263. The van der Waals surface area contributed by atoms with Gasteiger partial charge >= 0.3 is 0 Å². The number of hydrogen-bond acceptors (Lipinski definition) is 4. The Morgan fingerprint density at radius 3 is 2.56 bits per heavy atom. The lowest BCUT2D eigenvalue weighted by molar-refractivity contribution is -0.137. The van der Waals surface area contributed by atoms with Crippen molar-refractivity contribution in [2.75, 3.05) is 13.1 Å². The molecule has 6 heteroatoms. The van der Waals surface area contributed by atoms with Crippen molar-refractivity contribution in [2.24, 2.45) is 0 Å². The van der Waals surface area contributed by atoms with Crippen LogP contribution in [0.5, 0.6) is 0 Å². The monoisotopic (exact) mass is 253 g/mol. The second-order valence-corrected chi connectivity index (χ2v) is 3.89. The summed E-state index contributed by atoms with van der Waals surface area (Å²) in [5, 5.41) is 2.32. The average Bonchev–Trinajstić information content (AvgIpc) is 2.67. The molecule has 1 aliphatic rings. The predicted molar refractivity (Wildman–Crippen MR) is 63.4 cm³/mol. The summed E-state index contributed by atoms with van der Waals surface area (Å²) in [5.74, 6) is -0.857. The second-order valence-electron chi connectivity index (χ2n) is 3.89. The summed E-state index contributed by atoms with van der Waals surface area (Å²) in [7, 11) is 0. The third-order valence-corrected chi connectivity index (χ3v) is 2.54. The van der Waals surface area contributed by atoms with Crippen LogP contribution in [-0.4, -0.2) is 42.0 Å². The maximum Gasteiger partial charge on any atom is 0.253 e. The van der Waals surface area contributed by atoms with Gasteiger partial charge in [0.1, 0.15) is 7.63 Å². The van der Waals surface area contributed by atoms with Crippen molar-refractivity contribution >= 4 is 24.0 Å². The molecule has 0 fully saturated rings. The molecule has 0 saturated heterocycles. The number of hydrogen-bond donors (Lipinski definition) is 1. The molecular weight excluding hydrogens is 236 g/mol. The molecule has 0 bridgehead atoms. The molecule has 0 aromatic heterocycles. The molecule has 0 radical (unpaired) electrons. The summed E-state index contributed by atoms with van der Waals surface area (Å²) < 4.78 is 6.62. The van der Waals surface area contributed by atoms with Crippen LogP contribution in [0.3, 0.4) is 0 Å². The lowest BCUT2D eigenvalue weighted by Gasteiger charge is -2.12. The van der Waals surface area contributed by atoms with E-state index in [1.165, 1.54) is 17.1 Å². The number of imide groups is 1. The third-order valence-electron chi connectivity index (χ3n) is 2.54. The van der Waals surface area contributed by atoms with E-state index in [0.717, 1.165) is 0 Å². The molecule has 18 heavy (non-hydrogen) atoms. The molecule has 0 spiro atoms. The largest absolute Gasteiger partial charge is 0.349 e. The third kappa shape index (κ3) is 4.48. The Hall–Kier alpha value is -1.98. The minimum Gasteiger partial charge on any atom is -0.349 e. The van der Waals surface area contributed by atoms with Crippen LogP contribution in [-0.2, 0) is 19.2 Å². The highest BCUT2D eigenvalue weighted by atomic mass is 16.2. The van der Waals surface area contributed by atoms with Gasteiger partial charge in [-0.15, -0.1) is 0 Å². The van der Waals surface area contributed by atoms with Crippen LogP contribution in [0.25, 0.3) is 0 Å². The van der Waals surface area contributed by atoms with Crippen LogP contribution in [0.2, 0.25) is 0 Å². The standard InChI is InChI=1S/C12H16N2O4/c15-9-7-13-10(16)4-2-1-3-8-14-11(17)5-6-12(14)18/h5-6,9H,1-4,7-8H2,(H,13,16)/i9D. The fourth-order valence-electron chi connectivity index (χ4n) is 1.61. The van der Waals surface area contributed by atoms with Crippen LogP contribution in [0, 0.1) is 0 Å². The fourth-order valence-corrected chi connectivity index (χ4v) is 1.61. The quantitative estimate of drug-likeness (QED) is 0.368. The van der Waals surface area contributed by atoms with E-state index < -0.39 is 6.26 Å². The number of carbonyl (C=O) groups excluding carboxylic acids is 4. The van der Waals surface area contributed by atoms with Crippen molar-refractivity contribution in [3.8, 4) is 0 Å². The molecule has 1 rings (SSSR count). The molecule has 0 atom stereocenters. The van der Waals surface area contributed by atoms with Crippen LogP contribution >= 0.6 is 0 Å². The Morgan fingerprint density at radius 1 is 1.28 bits per heavy atom. The summed E-state index contributed by atoms with van der Waals surface area (Å²) in [5.41, 5.74) is 0. The highest BCUT2D eigenvalue weighted by Gasteiger charge is 2.22. The molecule has 0 aliphatic carbocycles. The van der Waals surface area contributed by atoms with Gasteiger partial charge in [0.15, 0.2) is 0 Å². The van der Waals surface area contributed by atoms with Gasteiger partial charge in [-0.3, -0.25) is 19.3 Å². The van der Waals surface area contributed by atoms with Gasteiger partial charge in [0.05, 0.1) is 6.54 Å². The maximum atomic E-state index is 11.2. The Kier molecular flexibility index (Phi) is 5.11. The van der Waals surface area contributed by atoms with Gasteiger partial charge in [0, 0.05) is 25.1 Å². The number of carbonyl (C=O) groups is 4. The van der Waals surface area contributed by atoms with Crippen molar-refractivity contribution in [3.05, 3.63) is 12.2 Å². The van der Waals surface area contributed by atoms with Crippen LogP contribution < -0.4 is 5.32 Å². The first kappa shape index (κ1) is 12.5. The lowest BCUT2D eigenvalue weighted by atomic mass is 10.2. The van der Waals surface area contributed by atoms with Gasteiger partial charge in [-0.1, -0.05) is 6.42 Å². The van der Waals surface area contributed by atoms with E-state index in [-0.39, 0.29) is 30.7 Å². The first-order valence-corrected chi connectivity index (χ1v) is 5.80. The van der Waals surface area contributed by atoms with Crippen molar-refractivity contribution in [1.82, 2.24) is 10.2 Å². The maximum absolute atomic E-state index is 11.2. The number of rotatable bonds is 8. The minimum atomic E-state index is -0.827. The zero-order chi connectivity index (χ0) is 14.3. The highest BCUT2D eigenvalue weighted by molar-refractivity contribution is 6.12. The van der Waals surface area contributed by atoms with Gasteiger partial charge < -0.3 is 10.1 Å². The van der Waals surface area contributed by atoms with Gasteiger partial charge in [-0.05, 0) is 12.8 Å². The summed E-state index contributed by atoms with van der Waals surface area (Å²) in [4.78, 5) is 45.1. The van der Waals surface area contributed by atoms with E-state index in [2.05, 4.69) is 5.32 Å². The molecule has 0 saturated carbocycles. The van der Waals surface area contributed by atoms with E-state index in [1.54, 1.807) is 0 Å². The molecule has 98 valence electrons. The van der Waals surface area contributed by atoms with E-state index in [1.807, 2.05) is 0 Å². The van der Waals surface area contributed by atoms with E-state index in [4.69, 9.17) is 1.37 Å². The highest BCUT2D eigenvalue weighted by Crippen LogP contribution is 2.07. The topological polar surface area (TPSA) is 83.6 Å². The number of amides is 3. The zero-order valence-corrected chi connectivity index (χ0v) is 9.98. The number of nitrogens with one attached hydrogen (secondary N) is 1. The van der Waals surface area contributed by atoms with Gasteiger partial charge in [0.2, 0.25) is 5.91 Å². The van der Waals surface area contributed by atoms with Crippen molar-refractivity contribution < 1.29 is 20.5 Å².